The number of anilines is 1. The zero-order valence-electron chi connectivity index (χ0n) is 12.3. The van der Waals surface area contributed by atoms with Gasteiger partial charge in [0.25, 0.3) is 0 Å². The Balaban J connectivity index is 2.58. The maximum atomic E-state index is 12.2. The maximum Gasteiger partial charge on any atom is 0.573 e. The zero-order chi connectivity index (χ0) is 17.7. The van der Waals surface area contributed by atoms with Crippen LogP contribution in [-0.4, -0.2) is 51.5 Å². The highest BCUT2D eigenvalue weighted by Crippen LogP contribution is 2.29. The second-order valence-electron chi connectivity index (χ2n) is 4.51. The Bertz CT molecular complexity index is 649. The molecule has 0 spiro atoms. The van der Waals surface area contributed by atoms with Crippen LogP contribution in [0.3, 0.4) is 0 Å². The number of alkyl halides is 3. The first-order valence-electron chi connectivity index (χ1n) is 6.30. The number of hydrogen-bond acceptors (Lipinski definition) is 4. The van der Waals surface area contributed by atoms with Crippen LogP contribution in [-0.2, 0) is 10.0 Å². The Kier molecular flexibility index (Phi) is 6.21. The quantitative estimate of drug-likeness (QED) is 0.811. The van der Waals surface area contributed by atoms with Gasteiger partial charge in [0.05, 0.1) is 11.9 Å². The Labute approximate surface area is 131 Å². The van der Waals surface area contributed by atoms with Crippen molar-refractivity contribution < 1.29 is 31.1 Å². The van der Waals surface area contributed by atoms with Crippen molar-refractivity contribution in [1.82, 2.24) is 9.62 Å². The van der Waals surface area contributed by atoms with E-state index in [4.69, 9.17) is 0 Å². The molecule has 0 aliphatic heterocycles. The molecule has 0 unspecified atom stereocenters. The van der Waals surface area contributed by atoms with Gasteiger partial charge in [-0.1, -0.05) is 12.1 Å². The summed E-state index contributed by atoms with van der Waals surface area (Å²) >= 11 is 0. The summed E-state index contributed by atoms with van der Waals surface area (Å²) in [6.45, 7) is 0.00461. The molecule has 1 rings (SSSR count). The number of benzene rings is 1. The molecule has 0 saturated heterocycles. The predicted molar refractivity (Wildman–Crippen MR) is 77.6 cm³/mol. The third-order valence-corrected chi connectivity index (χ3v) is 3.95. The normalized spacial score (nSPS) is 12.1. The van der Waals surface area contributed by atoms with Crippen molar-refractivity contribution in [3.05, 3.63) is 24.3 Å². The summed E-state index contributed by atoms with van der Waals surface area (Å²) in [7, 11) is -2.04. The van der Waals surface area contributed by atoms with Gasteiger partial charge in [0, 0.05) is 20.1 Å². The van der Waals surface area contributed by atoms with Crippen LogP contribution in [0.15, 0.2) is 24.3 Å². The van der Waals surface area contributed by atoms with E-state index in [2.05, 4.69) is 15.4 Å². The number of nitrogens with zero attached hydrogens (tertiary/aromatic N) is 1. The molecule has 23 heavy (non-hydrogen) atoms. The van der Waals surface area contributed by atoms with Crippen molar-refractivity contribution in [3.8, 4) is 5.75 Å². The zero-order valence-corrected chi connectivity index (χ0v) is 13.2. The van der Waals surface area contributed by atoms with E-state index in [0.29, 0.717) is 0 Å². The van der Waals surface area contributed by atoms with Crippen LogP contribution in [0.2, 0.25) is 0 Å². The number of carbonyl (C=O) groups excluding carboxylic acids is 1. The number of urea groups is 1. The standard InChI is InChI=1S/C12H16F3N3O4S/c1-18(23(2,20)21)8-7-16-11(19)17-9-5-3-4-6-10(9)22-12(13,14)15/h3-6H,7-8H2,1-2H3,(H2,16,17,19). The van der Waals surface area contributed by atoms with Gasteiger partial charge >= 0.3 is 12.4 Å². The second kappa shape index (κ2) is 7.51. The minimum atomic E-state index is -4.88. The summed E-state index contributed by atoms with van der Waals surface area (Å²) in [5, 5.41) is 4.53. The molecule has 1 aromatic rings. The topological polar surface area (TPSA) is 87.7 Å². The summed E-state index contributed by atoms with van der Waals surface area (Å²) in [5.74, 6) is -0.552. The van der Waals surface area contributed by atoms with Crippen LogP contribution >= 0.6 is 0 Å². The number of carbonyl (C=O) groups is 1. The van der Waals surface area contributed by atoms with Crippen LogP contribution in [0.25, 0.3) is 0 Å². The molecule has 0 fully saturated rings. The molecular weight excluding hydrogens is 339 g/mol. The molecule has 1 aromatic carbocycles. The van der Waals surface area contributed by atoms with Gasteiger partial charge in [-0.3, -0.25) is 0 Å². The van der Waals surface area contributed by atoms with Crippen molar-refractivity contribution in [2.45, 2.75) is 6.36 Å². The fraction of sp³-hybridized carbons (Fsp3) is 0.417. The van der Waals surface area contributed by atoms with Crippen molar-refractivity contribution >= 4 is 21.7 Å². The lowest BCUT2D eigenvalue weighted by atomic mass is 10.3. The molecule has 0 aliphatic rings. The summed E-state index contributed by atoms with van der Waals surface area (Å²) in [5.41, 5.74) is -0.168. The van der Waals surface area contributed by atoms with Gasteiger partial charge in [-0.25, -0.2) is 17.5 Å². The minimum absolute atomic E-state index is 0.0162. The molecule has 11 heteroatoms. The predicted octanol–water partition coefficient (Wildman–Crippen LogP) is 1.60. The maximum absolute atomic E-state index is 12.2. The number of sulfonamides is 1. The van der Waals surface area contributed by atoms with E-state index in [0.717, 1.165) is 16.6 Å². The highest BCUT2D eigenvalue weighted by atomic mass is 32.2. The lowest BCUT2D eigenvalue weighted by Gasteiger charge is -2.16. The van der Waals surface area contributed by atoms with E-state index in [9.17, 15) is 26.4 Å². The number of likely N-dealkylation sites (N-methyl/N-ethyl adjacent to an activating group) is 1. The molecular formula is C12H16F3N3O4S. The van der Waals surface area contributed by atoms with Crippen LogP contribution in [0.4, 0.5) is 23.7 Å². The molecule has 0 bridgehead atoms. The molecule has 2 amide bonds. The molecule has 0 heterocycles. The molecule has 0 aromatic heterocycles. The van der Waals surface area contributed by atoms with E-state index >= 15 is 0 Å². The molecule has 7 nitrogen and oxygen atoms in total. The monoisotopic (exact) mass is 355 g/mol. The SMILES string of the molecule is CN(CCNC(=O)Nc1ccccc1OC(F)(F)F)S(C)(=O)=O. The average molecular weight is 355 g/mol. The van der Waals surface area contributed by atoms with E-state index in [1.807, 2.05) is 0 Å². The van der Waals surface area contributed by atoms with Crippen LogP contribution in [0.5, 0.6) is 5.75 Å². The van der Waals surface area contributed by atoms with Crippen molar-refractivity contribution in [1.29, 1.82) is 0 Å². The van der Waals surface area contributed by atoms with Crippen LogP contribution in [0.1, 0.15) is 0 Å². The number of amides is 2. The summed E-state index contributed by atoms with van der Waals surface area (Å²) in [4.78, 5) is 11.6. The van der Waals surface area contributed by atoms with Crippen molar-refractivity contribution in [3.63, 3.8) is 0 Å². The van der Waals surface area contributed by atoms with Crippen molar-refractivity contribution in [2.75, 3.05) is 31.7 Å². The summed E-state index contributed by atoms with van der Waals surface area (Å²) in [6, 6.07) is 4.26. The molecule has 0 saturated carbocycles. The smallest absolute Gasteiger partial charge is 0.404 e. The van der Waals surface area contributed by atoms with Gasteiger partial charge < -0.3 is 15.4 Å². The molecule has 0 atom stereocenters. The van der Waals surface area contributed by atoms with Crippen LogP contribution < -0.4 is 15.4 Å². The van der Waals surface area contributed by atoms with Gasteiger partial charge in [0.1, 0.15) is 0 Å². The molecule has 0 radical (unpaired) electrons. The first-order valence-corrected chi connectivity index (χ1v) is 8.15. The lowest BCUT2D eigenvalue weighted by molar-refractivity contribution is -0.274. The highest BCUT2D eigenvalue weighted by Gasteiger charge is 2.32. The van der Waals surface area contributed by atoms with Crippen LogP contribution in [0, 0.1) is 0 Å². The number of para-hydroxylation sites is 2. The van der Waals surface area contributed by atoms with E-state index < -0.39 is 28.2 Å². The van der Waals surface area contributed by atoms with Gasteiger partial charge in [0.2, 0.25) is 10.0 Å². The minimum Gasteiger partial charge on any atom is -0.404 e. The fourth-order valence-corrected chi connectivity index (χ4v) is 1.87. The number of hydrogen-bond donors (Lipinski definition) is 2. The number of halogens is 3. The number of rotatable bonds is 6. The first-order chi connectivity index (χ1) is 10.5. The van der Waals surface area contributed by atoms with E-state index in [1.54, 1.807) is 0 Å². The van der Waals surface area contributed by atoms with Gasteiger partial charge in [-0.2, -0.15) is 0 Å². The summed E-state index contributed by atoms with van der Waals surface area (Å²) in [6.07, 6.45) is -3.87. The Morgan fingerprint density at radius 2 is 1.91 bits per heavy atom. The Hall–Kier alpha value is -2.01. The molecule has 2 N–H and O–H groups in total. The largest absolute Gasteiger partial charge is 0.573 e. The number of nitrogens with one attached hydrogen (secondary N) is 2. The third-order valence-electron chi connectivity index (χ3n) is 2.64. The Morgan fingerprint density at radius 3 is 2.48 bits per heavy atom. The van der Waals surface area contributed by atoms with Gasteiger partial charge in [0.15, 0.2) is 5.75 Å². The van der Waals surface area contributed by atoms with Gasteiger partial charge in [-0.05, 0) is 12.1 Å². The average Bonchev–Trinajstić information content (AvgIpc) is 2.38. The van der Waals surface area contributed by atoms with E-state index in [-0.39, 0.29) is 18.8 Å². The van der Waals surface area contributed by atoms with Crippen molar-refractivity contribution in [2.24, 2.45) is 0 Å². The fourth-order valence-electron chi connectivity index (χ4n) is 1.44. The third kappa shape index (κ3) is 7.19. The first kappa shape index (κ1) is 19.0. The van der Waals surface area contributed by atoms with Gasteiger partial charge in [-0.15, -0.1) is 13.2 Å². The summed E-state index contributed by atoms with van der Waals surface area (Å²) < 4.78 is 63.9. The highest BCUT2D eigenvalue weighted by molar-refractivity contribution is 7.88. The molecule has 0 aliphatic carbocycles. The second-order valence-corrected chi connectivity index (χ2v) is 6.60. The van der Waals surface area contributed by atoms with E-state index in [1.165, 1.54) is 25.2 Å². The number of ether oxygens (including phenoxy) is 1. The lowest BCUT2D eigenvalue weighted by Crippen LogP contribution is -2.37. The molecule has 130 valence electrons. The Morgan fingerprint density at radius 1 is 1.30 bits per heavy atom.